The third-order valence-corrected chi connectivity index (χ3v) is 9.77. The van der Waals surface area contributed by atoms with Crippen LogP contribution >= 0.6 is 23.1 Å². The number of thioether (sulfide) groups is 1. The second-order valence-electron chi connectivity index (χ2n) is 9.87. The van der Waals surface area contributed by atoms with Gasteiger partial charge in [-0.3, -0.25) is 23.7 Å². The Kier molecular flexibility index (Phi) is 7.13. The zero-order valence-corrected chi connectivity index (χ0v) is 23.3. The molecule has 0 saturated carbocycles. The van der Waals surface area contributed by atoms with Gasteiger partial charge in [-0.05, 0) is 60.2 Å². The van der Waals surface area contributed by atoms with Gasteiger partial charge in [0, 0.05) is 16.5 Å². The fourth-order valence-electron chi connectivity index (χ4n) is 5.25. The van der Waals surface area contributed by atoms with Crippen LogP contribution in [0.2, 0.25) is 0 Å². The molecule has 8 nitrogen and oxygen atoms in total. The molecule has 4 aromatic rings. The third kappa shape index (κ3) is 5.20. The van der Waals surface area contributed by atoms with Crippen molar-refractivity contribution in [1.82, 2.24) is 4.57 Å². The van der Waals surface area contributed by atoms with Gasteiger partial charge < -0.3 is 10.4 Å². The van der Waals surface area contributed by atoms with Gasteiger partial charge in [0.2, 0.25) is 17.7 Å². The van der Waals surface area contributed by atoms with Gasteiger partial charge in [-0.15, -0.1) is 0 Å². The summed E-state index contributed by atoms with van der Waals surface area (Å²) >= 11 is 1.68. The first-order valence-corrected chi connectivity index (χ1v) is 14.4. The SMILES string of the molecule is O=C(Cn1c2c(sc1=O)[C@@H](c1ccc(F)cc1)[C@@H]1C(=O)N(c3cccc(C(F)(F)F)c3)C(=O)[C@@H]1S2)Nc1ccc(O)cc1. The first kappa shape index (κ1) is 28.7. The lowest BCUT2D eigenvalue weighted by Crippen LogP contribution is -2.33. The molecule has 0 radical (unpaired) electrons. The molecule has 1 saturated heterocycles. The number of aromatic hydroxyl groups is 1. The fraction of sp³-hybridized carbons (Fsp3) is 0.172. The molecule has 43 heavy (non-hydrogen) atoms. The van der Waals surface area contributed by atoms with Crippen molar-refractivity contribution in [2.24, 2.45) is 5.92 Å². The monoisotopic (exact) mass is 629 g/mol. The summed E-state index contributed by atoms with van der Waals surface area (Å²) < 4.78 is 55.4. The van der Waals surface area contributed by atoms with Gasteiger partial charge in [-0.2, -0.15) is 13.2 Å². The quantitative estimate of drug-likeness (QED) is 0.178. The smallest absolute Gasteiger partial charge is 0.416 e. The van der Waals surface area contributed by atoms with Crippen molar-refractivity contribution in [1.29, 1.82) is 0 Å². The van der Waals surface area contributed by atoms with E-state index in [2.05, 4.69) is 5.32 Å². The van der Waals surface area contributed by atoms with Crippen molar-refractivity contribution in [2.75, 3.05) is 10.2 Å². The van der Waals surface area contributed by atoms with E-state index in [1.807, 2.05) is 0 Å². The number of aromatic nitrogens is 1. The van der Waals surface area contributed by atoms with Crippen molar-refractivity contribution in [3.05, 3.63) is 104 Å². The zero-order valence-electron chi connectivity index (χ0n) is 21.7. The van der Waals surface area contributed by atoms with Gasteiger partial charge in [-0.1, -0.05) is 41.3 Å². The third-order valence-electron chi connectivity index (χ3n) is 7.16. The molecule has 0 aliphatic carbocycles. The molecule has 3 heterocycles. The first-order chi connectivity index (χ1) is 20.4. The number of amides is 3. The van der Waals surface area contributed by atoms with E-state index in [4.69, 9.17) is 0 Å². The van der Waals surface area contributed by atoms with Gasteiger partial charge in [0.25, 0.3) is 0 Å². The Morgan fingerprint density at radius 1 is 0.953 bits per heavy atom. The number of thiazole rings is 1. The van der Waals surface area contributed by atoms with E-state index in [-0.39, 0.29) is 16.5 Å². The predicted molar refractivity (Wildman–Crippen MR) is 151 cm³/mol. The molecule has 2 N–H and O–H groups in total. The van der Waals surface area contributed by atoms with Gasteiger partial charge in [0.15, 0.2) is 0 Å². The van der Waals surface area contributed by atoms with E-state index in [1.165, 1.54) is 59.2 Å². The lowest BCUT2D eigenvalue weighted by Gasteiger charge is -2.30. The zero-order chi connectivity index (χ0) is 30.6. The Hall–Kier alpha value is -4.43. The number of phenolic OH excluding ortho intramolecular Hbond substituents is 1. The maximum Gasteiger partial charge on any atom is 0.416 e. The molecule has 3 amide bonds. The van der Waals surface area contributed by atoms with E-state index in [0.717, 1.165) is 46.2 Å². The Balaban J connectivity index is 1.40. The van der Waals surface area contributed by atoms with E-state index in [0.29, 0.717) is 16.1 Å². The van der Waals surface area contributed by atoms with Crippen LogP contribution in [0.3, 0.4) is 0 Å². The van der Waals surface area contributed by atoms with Gasteiger partial charge >= 0.3 is 11.0 Å². The lowest BCUT2D eigenvalue weighted by molar-refractivity contribution is -0.137. The highest BCUT2D eigenvalue weighted by Gasteiger charge is 2.57. The normalized spacial score (nSPS) is 19.7. The van der Waals surface area contributed by atoms with E-state index in [1.54, 1.807) is 0 Å². The highest BCUT2D eigenvalue weighted by Crippen LogP contribution is 2.54. The van der Waals surface area contributed by atoms with Crippen LogP contribution in [0.15, 0.2) is 82.6 Å². The minimum atomic E-state index is -4.71. The molecule has 1 fully saturated rings. The molecule has 0 bridgehead atoms. The maximum atomic E-state index is 13.9. The largest absolute Gasteiger partial charge is 0.508 e. The molecular formula is C29H19F4N3O5S2. The number of halogens is 4. The number of anilines is 2. The minimum absolute atomic E-state index is 0.00568. The summed E-state index contributed by atoms with van der Waals surface area (Å²) in [4.78, 5) is 54.2. The Labute approximate surface area is 248 Å². The average molecular weight is 630 g/mol. The molecule has 0 unspecified atom stereocenters. The topological polar surface area (TPSA) is 109 Å². The fourth-order valence-corrected chi connectivity index (χ4v) is 8.02. The summed E-state index contributed by atoms with van der Waals surface area (Å²) in [5.74, 6) is -4.67. The van der Waals surface area contributed by atoms with Crippen LogP contribution in [0.25, 0.3) is 0 Å². The number of alkyl halides is 3. The van der Waals surface area contributed by atoms with Crippen molar-refractivity contribution in [3.8, 4) is 5.75 Å². The number of rotatable bonds is 5. The van der Waals surface area contributed by atoms with Crippen LogP contribution < -0.4 is 15.1 Å². The number of nitrogens with one attached hydrogen (secondary N) is 1. The lowest BCUT2D eigenvalue weighted by atomic mass is 9.83. The number of fused-ring (bicyclic) bond motifs is 2. The molecule has 220 valence electrons. The van der Waals surface area contributed by atoms with Crippen molar-refractivity contribution < 1.29 is 37.1 Å². The molecule has 1 aromatic heterocycles. The van der Waals surface area contributed by atoms with Crippen molar-refractivity contribution >= 4 is 52.2 Å². The van der Waals surface area contributed by atoms with Gasteiger partial charge in [0.05, 0.1) is 22.2 Å². The van der Waals surface area contributed by atoms with Crippen LogP contribution in [0.4, 0.5) is 28.9 Å². The summed E-state index contributed by atoms with van der Waals surface area (Å²) in [6.45, 7) is -0.439. The van der Waals surface area contributed by atoms with Crippen molar-refractivity contribution in [3.63, 3.8) is 0 Å². The second kappa shape index (κ2) is 10.7. The molecule has 3 atom stereocenters. The Bertz CT molecular complexity index is 1820. The molecular weight excluding hydrogens is 610 g/mol. The number of imide groups is 1. The minimum Gasteiger partial charge on any atom is -0.508 e. The number of phenols is 1. The number of hydrogen-bond donors (Lipinski definition) is 2. The molecule has 6 rings (SSSR count). The standard InChI is InChI=1S/C29H19F4N3O5S2/c30-16-6-4-14(5-7-16)21-22-23(26(40)36(25(22)39)18-3-1-2-15(12-18)29(31,32)33)42-27-24(21)43-28(41)35(27)13-20(38)34-17-8-10-19(37)11-9-17/h1-12,21-23,37H,13H2,(H,34,38)/t21-,22-,23+/m0/s1. The number of hydrogen-bond acceptors (Lipinski definition) is 7. The number of carbonyl (C=O) groups is 3. The first-order valence-electron chi connectivity index (χ1n) is 12.7. The van der Waals surface area contributed by atoms with Crippen LogP contribution in [-0.4, -0.2) is 32.6 Å². The summed E-state index contributed by atoms with van der Waals surface area (Å²) in [5.41, 5.74) is -0.486. The second-order valence-corrected chi connectivity index (χ2v) is 12.0. The number of nitrogens with zero attached hydrogens (tertiary/aromatic N) is 2. The highest BCUT2D eigenvalue weighted by atomic mass is 32.2. The number of benzene rings is 3. The number of carbonyl (C=O) groups excluding carboxylic acids is 3. The summed E-state index contributed by atoms with van der Waals surface area (Å²) in [6.07, 6.45) is -4.71. The van der Waals surface area contributed by atoms with Gasteiger partial charge in [-0.25, -0.2) is 9.29 Å². The molecule has 2 aliphatic heterocycles. The summed E-state index contributed by atoms with van der Waals surface area (Å²) in [6, 6.07) is 14.8. The Morgan fingerprint density at radius 2 is 1.65 bits per heavy atom. The van der Waals surface area contributed by atoms with Crippen LogP contribution in [0, 0.1) is 11.7 Å². The van der Waals surface area contributed by atoms with E-state index >= 15 is 0 Å². The maximum absolute atomic E-state index is 13.9. The molecule has 2 aliphatic rings. The van der Waals surface area contributed by atoms with E-state index in [9.17, 15) is 41.8 Å². The van der Waals surface area contributed by atoms with Crippen LogP contribution in [0.5, 0.6) is 5.75 Å². The molecule has 3 aromatic carbocycles. The van der Waals surface area contributed by atoms with Gasteiger partial charge in [0.1, 0.15) is 23.4 Å². The van der Waals surface area contributed by atoms with E-state index < -0.39 is 63.8 Å². The molecule has 14 heteroatoms. The predicted octanol–water partition coefficient (Wildman–Crippen LogP) is 5.21. The van der Waals surface area contributed by atoms with Crippen molar-refractivity contribution in [2.45, 2.75) is 28.9 Å². The molecule has 0 spiro atoms. The highest BCUT2D eigenvalue weighted by molar-refractivity contribution is 8.00. The summed E-state index contributed by atoms with van der Waals surface area (Å²) in [5, 5.41) is 11.2. The van der Waals surface area contributed by atoms with Crippen LogP contribution in [0.1, 0.15) is 21.9 Å². The Morgan fingerprint density at radius 3 is 2.33 bits per heavy atom. The average Bonchev–Trinajstić information content (AvgIpc) is 3.40. The summed E-state index contributed by atoms with van der Waals surface area (Å²) in [7, 11) is 0. The van der Waals surface area contributed by atoms with Crippen LogP contribution in [-0.2, 0) is 27.1 Å².